The van der Waals surface area contributed by atoms with E-state index in [2.05, 4.69) is 24.2 Å². The average Bonchev–Trinajstić information content (AvgIpc) is 2.35. The number of carbonyl (C=O) groups excluding carboxylic acids is 1. The van der Waals surface area contributed by atoms with Crippen molar-refractivity contribution < 1.29 is 4.79 Å². The highest BCUT2D eigenvalue weighted by Crippen LogP contribution is 2.29. The number of allylic oxidation sites excluding steroid dienone is 1. The molecule has 0 amide bonds. The van der Waals surface area contributed by atoms with Crippen LogP contribution in [0.2, 0.25) is 0 Å². The van der Waals surface area contributed by atoms with Gasteiger partial charge < -0.3 is 0 Å². The van der Waals surface area contributed by atoms with Gasteiger partial charge in [0.25, 0.3) is 0 Å². The SMILES string of the molecule is CCC1c2ccccc2C=NN1C=CC=O. The van der Waals surface area contributed by atoms with Crippen molar-refractivity contribution >= 4 is 12.5 Å². The van der Waals surface area contributed by atoms with Crippen LogP contribution in [0.15, 0.2) is 41.6 Å². The van der Waals surface area contributed by atoms with Gasteiger partial charge in [0.15, 0.2) is 0 Å². The fourth-order valence-corrected chi connectivity index (χ4v) is 1.96. The van der Waals surface area contributed by atoms with Crippen LogP contribution in [0, 0.1) is 0 Å². The first-order valence-electron chi connectivity index (χ1n) is 5.40. The molecule has 2 rings (SSSR count). The molecule has 1 aliphatic heterocycles. The van der Waals surface area contributed by atoms with Gasteiger partial charge in [-0.15, -0.1) is 0 Å². The Kier molecular flexibility index (Phi) is 3.15. The van der Waals surface area contributed by atoms with Crippen molar-refractivity contribution in [3.63, 3.8) is 0 Å². The molecule has 0 N–H and O–H groups in total. The second kappa shape index (κ2) is 4.75. The minimum Gasteiger partial charge on any atom is -0.299 e. The molecule has 1 aliphatic rings. The average molecular weight is 214 g/mol. The molecule has 0 aliphatic carbocycles. The molecule has 3 heteroatoms. The summed E-state index contributed by atoms with van der Waals surface area (Å²) in [6.07, 6.45) is 6.73. The lowest BCUT2D eigenvalue weighted by Gasteiger charge is -2.29. The first-order valence-corrected chi connectivity index (χ1v) is 5.40. The van der Waals surface area contributed by atoms with Crippen LogP contribution in [-0.4, -0.2) is 17.5 Å². The predicted octanol–water partition coefficient (Wildman–Crippen LogP) is 2.50. The quantitative estimate of drug-likeness (QED) is 0.572. The lowest BCUT2D eigenvalue weighted by Crippen LogP contribution is -2.23. The van der Waals surface area contributed by atoms with Gasteiger partial charge >= 0.3 is 0 Å². The van der Waals surface area contributed by atoms with Crippen LogP contribution in [0.3, 0.4) is 0 Å². The van der Waals surface area contributed by atoms with E-state index in [-0.39, 0.29) is 6.04 Å². The molecule has 1 aromatic carbocycles. The Morgan fingerprint density at radius 3 is 3.00 bits per heavy atom. The Morgan fingerprint density at radius 2 is 2.25 bits per heavy atom. The Hall–Kier alpha value is -1.90. The van der Waals surface area contributed by atoms with E-state index in [9.17, 15) is 4.79 Å². The highest BCUT2D eigenvalue weighted by Gasteiger charge is 2.20. The van der Waals surface area contributed by atoms with Gasteiger partial charge in [0, 0.05) is 6.20 Å². The van der Waals surface area contributed by atoms with Crippen LogP contribution in [0.4, 0.5) is 0 Å². The first-order chi connectivity index (χ1) is 7.86. The molecule has 0 aromatic heterocycles. The number of hydrogen-bond acceptors (Lipinski definition) is 3. The van der Waals surface area contributed by atoms with E-state index < -0.39 is 0 Å². The second-order valence-electron chi connectivity index (χ2n) is 3.66. The van der Waals surface area contributed by atoms with Gasteiger partial charge in [-0.2, -0.15) is 5.10 Å². The van der Waals surface area contributed by atoms with E-state index in [4.69, 9.17) is 0 Å². The molecule has 0 spiro atoms. The minimum absolute atomic E-state index is 0.220. The molecule has 1 heterocycles. The van der Waals surface area contributed by atoms with Crippen molar-refractivity contribution in [1.82, 2.24) is 5.01 Å². The number of hydrogen-bond donors (Lipinski definition) is 0. The Morgan fingerprint density at radius 1 is 1.44 bits per heavy atom. The third kappa shape index (κ3) is 1.89. The lowest BCUT2D eigenvalue weighted by molar-refractivity contribution is -0.104. The molecule has 3 nitrogen and oxygen atoms in total. The largest absolute Gasteiger partial charge is 0.299 e. The fraction of sp³-hybridized carbons (Fsp3) is 0.231. The molecule has 0 saturated heterocycles. The molecule has 1 aromatic rings. The van der Waals surface area contributed by atoms with Crippen LogP contribution in [0.5, 0.6) is 0 Å². The fourth-order valence-electron chi connectivity index (χ4n) is 1.96. The number of carbonyl (C=O) groups is 1. The Labute approximate surface area is 95.1 Å². The van der Waals surface area contributed by atoms with Crippen LogP contribution in [0.1, 0.15) is 30.5 Å². The third-order valence-corrected chi connectivity index (χ3v) is 2.71. The number of aldehydes is 1. The standard InChI is InChI=1S/C13H14N2O/c1-2-13-12-7-4-3-6-11(12)10-14-15(13)8-5-9-16/h3-10,13H,2H2,1H3. The summed E-state index contributed by atoms with van der Waals surface area (Å²) in [4.78, 5) is 10.3. The van der Waals surface area contributed by atoms with E-state index in [1.54, 1.807) is 6.20 Å². The maximum atomic E-state index is 10.3. The van der Waals surface area contributed by atoms with Gasteiger partial charge in [-0.05, 0) is 23.6 Å². The van der Waals surface area contributed by atoms with E-state index in [0.717, 1.165) is 18.3 Å². The topological polar surface area (TPSA) is 32.7 Å². The Bertz CT molecular complexity index is 437. The van der Waals surface area contributed by atoms with Crippen molar-refractivity contribution in [1.29, 1.82) is 0 Å². The van der Waals surface area contributed by atoms with Gasteiger partial charge in [-0.3, -0.25) is 9.80 Å². The summed E-state index contributed by atoms with van der Waals surface area (Å²) in [6.45, 7) is 2.12. The summed E-state index contributed by atoms with van der Waals surface area (Å²) in [5.41, 5.74) is 2.42. The molecule has 1 atom stereocenters. The van der Waals surface area contributed by atoms with Crippen molar-refractivity contribution in [2.75, 3.05) is 0 Å². The molecule has 0 bridgehead atoms. The van der Waals surface area contributed by atoms with Crippen LogP contribution < -0.4 is 0 Å². The molecule has 16 heavy (non-hydrogen) atoms. The van der Waals surface area contributed by atoms with Crippen molar-refractivity contribution in [3.05, 3.63) is 47.7 Å². The molecular formula is C13H14N2O. The number of hydrazone groups is 1. The van der Waals surface area contributed by atoms with Crippen LogP contribution >= 0.6 is 0 Å². The number of fused-ring (bicyclic) bond motifs is 1. The number of rotatable bonds is 3. The smallest absolute Gasteiger partial charge is 0.144 e. The molecular weight excluding hydrogens is 200 g/mol. The zero-order valence-corrected chi connectivity index (χ0v) is 9.21. The van der Waals surface area contributed by atoms with E-state index in [0.29, 0.717) is 0 Å². The maximum Gasteiger partial charge on any atom is 0.144 e. The highest BCUT2D eigenvalue weighted by atomic mass is 16.1. The molecule has 0 radical (unpaired) electrons. The summed E-state index contributed by atoms with van der Waals surface area (Å²) < 4.78 is 0. The van der Waals surface area contributed by atoms with Crippen LogP contribution in [-0.2, 0) is 4.79 Å². The minimum atomic E-state index is 0.220. The number of nitrogens with zero attached hydrogens (tertiary/aromatic N) is 2. The molecule has 1 unspecified atom stereocenters. The van der Waals surface area contributed by atoms with Gasteiger partial charge in [0.05, 0.1) is 12.3 Å². The first kappa shape index (κ1) is 10.6. The summed E-state index contributed by atoms with van der Waals surface area (Å²) >= 11 is 0. The van der Waals surface area contributed by atoms with Crippen molar-refractivity contribution in [2.24, 2.45) is 5.10 Å². The molecule has 0 fully saturated rings. The Balaban J connectivity index is 2.36. The second-order valence-corrected chi connectivity index (χ2v) is 3.66. The highest BCUT2D eigenvalue weighted by molar-refractivity contribution is 5.83. The normalized spacial score (nSPS) is 18.8. The van der Waals surface area contributed by atoms with E-state index >= 15 is 0 Å². The predicted molar refractivity (Wildman–Crippen MR) is 64.1 cm³/mol. The zero-order chi connectivity index (χ0) is 11.4. The summed E-state index contributed by atoms with van der Waals surface area (Å²) in [5, 5.41) is 6.15. The van der Waals surface area contributed by atoms with Crippen LogP contribution in [0.25, 0.3) is 0 Å². The lowest BCUT2D eigenvalue weighted by atomic mass is 9.97. The number of benzene rings is 1. The monoisotopic (exact) mass is 214 g/mol. The van der Waals surface area contributed by atoms with Gasteiger partial charge in [-0.1, -0.05) is 31.2 Å². The van der Waals surface area contributed by atoms with Gasteiger partial charge in [-0.25, -0.2) is 0 Å². The van der Waals surface area contributed by atoms with Crippen molar-refractivity contribution in [2.45, 2.75) is 19.4 Å². The summed E-state index contributed by atoms with van der Waals surface area (Å²) in [6, 6.07) is 8.42. The van der Waals surface area contributed by atoms with Gasteiger partial charge in [0.2, 0.25) is 0 Å². The maximum absolute atomic E-state index is 10.3. The molecule has 82 valence electrons. The summed E-state index contributed by atoms with van der Waals surface area (Å²) in [7, 11) is 0. The van der Waals surface area contributed by atoms with Gasteiger partial charge in [0.1, 0.15) is 6.29 Å². The molecule has 0 saturated carbocycles. The summed E-state index contributed by atoms with van der Waals surface area (Å²) in [5.74, 6) is 0. The third-order valence-electron chi connectivity index (χ3n) is 2.71. The van der Waals surface area contributed by atoms with E-state index in [1.165, 1.54) is 11.6 Å². The zero-order valence-electron chi connectivity index (χ0n) is 9.21. The van der Waals surface area contributed by atoms with Crippen molar-refractivity contribution in [3.8, 4) is 0 Å². The van der Waals surface area contributed by atoms with E-state index in [1.807, 2.05) is 23.4 Å².